The van der Waals surface area contributed by atoms with E-state index in [2.05, 4.69) is 0 Å². The molecule has 0 spiro atoms. The van der Waals surface area contributed by atoms with E-state index in [0.29, 0.717) is 24.7 Å². The fraction of sp³-hybridized carbons (Fsp3) is 0.412. The van der Waals surface area contributed by atoms with Crippen molar-refractivity contribution in [3.8, 4) is 0 Å². The Morgan fingerprint density at radius 3 is 2.83 bits per heavy atom. The van der Waals surface area contributed by atoms with Crippen molar-refractivity contribution < 1.29 is 13.2 Å². The molecule has 4 nitrogen and oxygen atoms in total. The van der Waals surface area contributed by atoms with Crippen molar-refractivity contribution in [1.29, 1.82) is 0 Å². The average Bonchev–Trinajstić information content (AvgIpc) is 3.23. The first kappa shape index (κ1) is 17.9. The van der Waals surface area contributed by atoms with Crippen LogP contribution in [0.5, 0.6) is 0 Å². The van der Waals surface area contributed by atoms with Crippen LogP contribution < -0.4 is 0 Å². The Morgan fingerprint density at radius 2 is 2.21 bits per heavy atom. The van der Waals surface area contributed by atoms with Crippen molar-refractivity contribution in [3.63, 3.8) is 0 Å². The first-order chi connectivity index (χ1) is 11.5. The van der Waals surface area contributed by atoms with E-state index in [4.69, 9.17) is 16.3 Å². The second-order valence-corrected chi connectivity index (χ2v) is 9.30. The topological polar surface area (TPSA) is 46.6 Å². The van der Waals surface area contributed by atoms with Crippen LogP contribution in [-0.4, -0.2) is 32.0 Å². The van der Waals surface area contributed by atoms with Crippen LogP contribution in [0.25, 0.3) is 0 Å². The molecule has 2 aromatic rings. The minimum absolute atomic E-state index is 0.0411. The van der Waals surface area contributed by atoms with Crippen LogP contribution in [0.15, 0.2) is 40.6 Å². The molecule has 0 radical (unpaired) electrons. The lowest BCUT2D eigenvalue weighted by atomic mass is 10.2. The lowest BCUT2D eigenvalue weighted by molar-refractivity contribution is 0.0927. The summed E-state index contributed by atoms with van der Waals surface area (Å²) in [4.78, 5) is 1.24. The summed E-state index contributed by atoms with van der Waals surface area (Å²) < 4.78 is 33.4. The average molecular weight is 386 g/mol. The van der Waals surface area contributed by atoms with Crippen molar-refractivity contribution in [3.05, 3.63) is 51.2 Å². The largest absolute Gasteiger partial charge is 0.377 e. The van der Waals surface area contributed by atoms with E-state index >= 15 is 0 Å². The van der Waals surface area contributed by atoms with Gasteiger partial charge in [0.15, 0.2) is 0 Å². The maximum Gasteiger partial charge on any atom is 0.243 e. The molecule has 1 aromatic heterocycles. The highest BCUT2D eigenvalue weighted by Gasteiger charge is 2.29. The van der Waals surface area contributed by atoms with Gasteiger partial charge >= 0.3 is 0 Å². The predicted octanol–water partition coefficient (Wildman–Crippen LogP) is 4.08. The zero-order chi connectivity index (χ0) is 17.2. The van der Waals surface area contributed by atoms with Gasteiger partial charge in [-0.25, -0.2) is 8.42 Å². The van der Waals surface area contributed by atoms with Gasteiger partial charge in [-0.05, 0) is 48.9 Å². The summed E-state index contributed by atoms with van der Waals surface area (Å²) in [5.74, 6) is 0. The van der Waals surface area contributed by atoms with E-state index < -0.39 is 10.0 Å². The van der Waals surface area contributed by atoms with E-state index in [1.165, 1.54) is 10.4 Å². The SMILES string of the molecule is Cc1ccc(S(=O)(=O)N(Cc2cccs2)CC2CCCO2)cc1Cl. The summed E-state index contributed by atoms with van der Waals surface area (Å²) in [6, 6.07) is 8.77. The van der Waals surface area contributed by atoms with Crippen LogP contribution in [-0.2, 0) is 21.3 Å². The number of nitrogens with zero attached hydrogens (tertiary/aromatic N) is 1. The summed E-state index contributed by atoms with van der Waals surface area (Å²) in [6.07, 6.45) is 1.83. The van der Waals surface area contributed by atoms with Crippen LogP contribution in [0.3, 0.4) is 0 Å². The summed E-state index contributed by atoms with van der Waals surface area (Å²) in [6.45, 7) is 3.28. The Bertz CT molecular complexity index is 784. The molecule has 1 aromatic carbocycles. The van der Waals surface area contributed by atoms with Gasteiger partial charge in [0.05, 0.1) is 11.0 Å². The van der Waals surface area contributed by atoms with Crippen LogP contribution in [0.4, 0.5) is 0 Å². The molecule has 24 heavy (non-hydrogen) atoms. The van der Waals surface area contributed by atoms with Crippen LogP contribution in [0, 0.1) is 6.92 Å². The molecule has 0 aliphatic carbocycles. The lowest BCUT2D eigenvalue weighted by Crippen LogP contribution is -2.36. The lowest BCUT2D eigenvalue weighted by Gasteiger charge is -2.24. The second kappa shape index (κ2) is 7.54. The minimum atomic E-state index is -3.63. The fourth-order valence-electron chi connectivity index (χ4n) is 2.72. The molecule has 0 N–H and O–H groups in total. The normalized spacial score (nSPS) is 18.4. The van der Waals surface area contributed by atoms with Gasteiger partial charge in [-0.1, -0.05) is 23.7 Å². The highest BCUT2D eigenvalue weighted by Crippen LogP contribution is 2.26. The number of ether oxygens (including phenoxy) is 1. The first-order valence-electron chi connectivity index (χ1n) is 7.87. The quantitative estimate of drug-likeness (QED) is 0.752. The molecule has 1 saturated heterocycles. The van der Waals surface area contributed by atoms with E-state index in [-0.39, 0.29) is 11.0 Å². The number of sulfonamides is 1. The number of hydrogen-bond donors (Lipinski definition) is 0. The molecular formula is C17H20ClNO3S2. The Hall–Kier alpha value is -0.920. The molecule has 1 atom stereocenters. The summed E-state index contributed by atoms with van der Waals surface area (Å²) in [7, 11) is -3.63. The van der Waals surface area contributed by atoms with Crippen LogP contribution >= 0.6 is 22.9 Å². The highest BCUT2D eigenvalue weighted by molar-refractivity contribution is 7.89. The molecule has 2 heterocycles. The van der Waals surface area contributed by atoms with Crippen molar-refractivity contribution in [1.82, 2.24) is 4.31 Å². The van der Waals surface area contributed by atoms with Gasteiger partial charge in [0, 0.05) is 29.6 Å². The second-order valence-electron chi connectivity index (χ2n) is 5.92. The maximum absolute atomic E-state index is 13.1. The standard InChI is InChI=1S/C17H20ClNO3S2/c1-13-6-7-16(10-17(13)18)24(20,21)19(11-14-4-2-8-22-14)12-15-5-3-9-23-15/h3,5-7,9-10,14H,2,4,8,11-12H2,1H3. The Morgan fingerprint density at radius 1 is 1.38 bits per heavy atom. The number of halogens is 1. The van der Waals surface area contributed by atoms with Crippen molar-refractivity contribution in [2.45, 2.75) is 37.3 Å². The van der Waals surface area contributed by atoms with Crippen LogP contribution in [0.1, 0.15) is 23.3 Å². The van der Waals surface area contributed by atoms with Gasteiger partial charge < -0.3 is 4.74 Å². The molecule has 0 saturated carbocycles. The third-order valence-electron chi connectivity index (χ3n) is 4.12. The van der Waals surface area contributed by atoms with Crippen molar-refractivity contribution in [2.24, 2.45) is 0 Å². The molecule has 1 unspecified atom stereocenters. The molecule has 7 heteroatoms. The van der Waals surface area contributed by atoms with Crippen molar-refractivity contribution in [2.75, 3.05) is 13.2 Å². The Kier molecular flexibility index (Phi) is 5.62. The smallest absolute Gasteiger partial charge is 0.243 e. The van der Waals surface area contributed by atoms with Gasteiger partial charge in [-0.2, -0.15) is 4.31 Å². The zero-order valence-corrected chi connectivity index (χ0v) is 15.8. The van der Waals surface area contributed by atoms with Crippen LogP contribution in [0.2, 0.25) is 5.02 Å². The number of benzene rings is 1. The third kappa shape index (κ3) is 4.00. The molecule has 1 aliphatic heterocycles. The number of aryl methyl sites for hydroxylation is 1. The molecule has 1 aliphatic rings. The molecule has 130 valence electrons. The van der Waals surface area contributed by atoms with E-state index in [0.717, 1.165) is 23.3 Å². The zero-order valence-electron chi connectivity index (χ0n) is 13.4. The number of rotatable bonds is 6. The summed E-state index contributed by atoms with van der Waals surface area (Å²) in [5, 5.41) is 2.42. The van der Waals surface area contributed by atoms with Gasteiger partial charge in [-0.15, -0.1) is 11.3 Å². The molecular weight excluding hydrogens is 366 g/mol. The molecule has 3 rings (SSSR count). The summed E-state index contributed by atoms with van der Waals surface area (Å²) in [5.41, 5.74) is 0.861. The Balaban J connectivity index is 1.90. The monoisotopic (exact) mass is 385 g/mol. The van der Waals surface area contributed by atoms with Gasteiger partial charge in [-0.3, -0.25) is 0 Å². The molecule has 0 amide bonds. The van der Waals surface area contributed by atoms with Gasteiger partial charge in [0.25, 0.3) is 0 Å². The predicted molar refractivity (Wildman–Crippen MR) is 97.1 cm³/mol. The van der Waals surface area contributed by atoms with Gasteiger partial charge in [0.1, 0.15) is 0 Å². The van der Waals surface area contributed by atoms with E-state index in [1.54, 1.807) is 23.5 Å². The third-order valence-corrected chi connectivity index (χ3v) is 7.20. The first-order valence-corrected chi connectivity index (χ1v) is 10.6. The minimum Gasteiger partial charge on any atom is -0.377 e. The molecule has 1 fully saturated rings. The highest BCUT2D eigenvalue weighted by atomic mass is 35.5. The number of thiophene rings is 1. The Labute approximate surface area is 152 Å². The van der Waals surface area contributed by atoms with Gasteiger partial charge in [0.2, 0.25) is 10.0 Å². The maximum atomic E-state index is 13.1. The summed E-state index contributed by atoms with van der Waals surface area (Å²) >= 11 is 7.69. The number of hydrogen-bond acceptors (Lipinski definition) is 4. The van der Waals surface area contributed by atoms with E-state index in [9.17, 15) is 8.42 Å². The molecule has 0 bridgehead atoms. The van der Waals surface area contributed by atoms with Crippen molar-refractivity contribution >= 4 is 33.0 Å². The van der Waals surface area contributed by atoms with E-state index in [1.807, 2.05) is 24.4 Å². The fourth-order valence-corrected chi connectivity index (χ4v) is 5.25.